The zero-order chi connectivity index (χ0) is 33.5. The second kappa shape index (κ2) is 10.9. The van der Waals surface area contributed by atoms with Crippen molar-refractivity contribution in [3.8, 4) is 0 Å². The SMILES string of the molecule is CCC1=C(C)C2=NC1=CC1=C(C)C3=C(O)CC(=C4NC(=CC5=NC(=C2)C(C(F)(F)C(F)(F)F)=C5C)[C@@H](C)[C@@H]4CCC(=O)OC)C3=N1. The minimum atomic E-state index is -5.85. The highest BCUT2D eigenvalue weighted by Gasteiger charge is 2.62. The number of fused-ring (bicyclic) bond motifs is 5. The van der Waals surface area contributed by atoms with Crippen LogP contribution in [0.4, 0.5) is 22.0 Å². The summed E-state index contributed by atoms with van der Waals surface area (Å²) in [6.45, 7) is 8.58. The maximum atomic E-state index is 15.2. The van der Waals surface area contributed by atoms with Gasteiger partial charge in [0.2, 0.25) is 0 Å². The summed E-state index contributed by atoms with van der Waals surface area (Å²) in [5.74, 6) is -6.06. The molecule has 1 saturated heterocycles. The maximum absolute atomic E-state index is 15.2. The lowest BCUT2D eigenvalue weighted by Crippen LogP contribution is -2.39. The van der Waals surface area contributed by atoms with Crippen molar-refractivity contribution in [2.75, 3.05) is 7.11 Å². The van der Waals surface area contributed by atoms with E-state index < -0.39 is 29.3 Å². The zero-order valence-electron chi connectivity index (χ0n) is 26.2. The molecule has 7 nitrogen and oxygen atoms in total. The number of aliphatic hydroxyl groups is 1. The van der Waals surface area contributed by atoms with Gasteiger partial charge < -0.3 is 15.2 Å². The van der Waals surface area contributed by atoms with E-state index in [1.807, 2.05) is 20.8 Å². The molecule has 0 spiro atoms. The number of methoxy groups -OCH3 is 1. The fourth-order valence-electron chi connectivity index (χ4n) is 7.02. The molecule has 0 aromatic carbocycles. The molecule has 0 amide bonds. The minimum absolute atomic E-state index is 0.0395. The minimum Gasteiger partial charge on any atom is -0.511 e. The van der Waals surface area contributed by atoms with E-state index in [4.69, 9.17) is 9.73 Å². The molecular formula is C34H33F5N4O3. The normalized spacial score (nSPS) is 24.4. The van der Waals surface area contributed by atoms with Crippen LogP contribution in [0.3, 0.4) is 0 Å². The van der Waals surface area contributed by atoms with Crippen molar-refractivity contribution in [1.29, 1.82) is 0 Å². The Labute approximate surface area is 262 Å². The number of hydrogen-bond donors (Lipinski definition) is 2. The Bertz CT molecular complexity index is 1840. The van der Waals surface area contributed by atoms with Crippen molar-refractivity contribution in [3.63, 3.8) is 0 Å². The number of halogens is 5. The third kappa shape index (κ3) is 4.75. The Morgan fingerprint density at radius 3 is 2.33 bits per heavy atom. The summed E-state index contributed by atoms with van der Waals surface area (Å²) in [6.07, 6.45) is -0.264. The largest absolute Gasteiger partial charge is 0.511 e. The van der Waals surface area contributed by atoms with E-state index in [-0.39, 0.29) is 47.4 Å². The van der Waals surface area contributed by atoms with Crippen LogP contribution in [0.5, 0.6) is 0 Å². The molecule has 1 fully saturated rings. The first kappa shape index (κ1) is 31.6. The molecule has 0 aromatic heterocycles. The second-order valence-corrected chi connectivity index (χ2v) is 12.2. The quantitative estimate of drug-likeness (QED) is 0.237. The van der Waals surface area contributed by atoms with Crippen LogP contribution >= 0.6 is 0 Å². The lowest BCUT2D eigenvalue weighted by atomic mass is 9.86. The summed E-state index contributed by atoms with van der Waals surface area (Å²) < 4.78 is 76.8. The average Bonchev–Trinajstić information content (AvgIpc) is 3.73. The van der Waals surface area contributed by atoms with Gasteiger partial charge in [-0.1, -0.05) is 13.8 Å². The van der Waals surface area contributed by atoms with E-state index in [2.05, 4.69) is 15.3 Å². The molecular weight excluding hydrogens is 607 g/mol. The third-order valence-electron chi connectivity index (χ3n) is 9.61. The van der Waals surface area contributed by atoms with Crippen LogP contribution in [-0.4, -0.2) is 47.4 Å². The van der Waals surface area contributed by atoms with Gasteiger partial charge >= 0.3 is 18.1 Å². The first-order chi connectivity index (χ1) is 21.6. The van der Waals surface area contributed by atoms with Crippen LogP contribution < -0.4 is 5.32 Å². The van der Waals surface area contributed by atoms with Crippen molar-refractivity contribution in [2.45, 2.75) is 72.4 Å². The topological polar surface area (TPSA) is 95.6 Å². The summed E-state index contributed by atoms with van der Waals surface area (Å²) in [6, 6.07) is 0. The number of carbonyl (C=O) groups excluding carboxylic acids is 1. The average molecular weight is 641 g/mol. The van der Waals surface area contributed by atoms with Crippen LogP contribution in [0.2, 0.25) is 0 Å². The third-order valence-corrected chi connectivity index (χ3v) is 9.61. The summed E-state index contributed by atoms with van der Waals surface area (Å²) in [4.78, 5) is 26.1. The first-order valence-corrected chi connectivity index (χ1v) is 15.1. The van der Waals surface area contributed by atoms with Crippen molar-refractivity contribution >= 4 is 23.1 Å². The van der Waals surface area contributed by atoms with Gasteiger partial charge in [0.1, 0.15) is 5.76 Å². The molecule has 2 atom stereocenters. The smallest absolute Gasteiger partial charge is 0.458 e. The van der Waals surface area contributed by atoms with Gasteiger partial charge in [0.15, 0.2) is 0 Å². The van der Waals surface area contributed by atoms with E-state index >= 15 is 8.78 Å². The van der Waals surface area contributed by atoms with Gasteiger partial charge in [-0.05, 0) is 74.1 Å². The maximum Gasteiger partial charge on any atom is 0.458 e. The number of nitrogens with zero attached hydrogens (tertiary/aromatic N) is 3. The Morgan fingerprint density at radius 1 is 1.00 bits per heavy atom. The molecule has 6 aliphatic rings. The van der Waals surface area contributed by atoms with Crippen LogP contribution in [0.1, 0.15) is 60.3 Å². The number of alkyl halides is 5. The lowest BCUT2D eigenvalue weighted by molar-refractivity contribution is -0.263. The zero-order valence-corrected chi connectivity index (χ0v) is 26.2. The molecule has 1 aliphatic carbocycles. The number of aliphatic imine (C=N–C) groups is 3. The second-order valence-electron chi connectivity index (χ2n) is 12.2. The molecule has 242 valence electrons. The highest BCUT2D eigenvalue weighted by Crippen LogP contribution is 2.50. The molecule has 46 heavy (non-hydrogen) atoms. The van der Waals surface area contributed by atoms with Crippen LogP contribution in [0, 0.1) is 11.8 Å². The number of aliphatic hydroxyl groups excluding tert-OH is 1. The Kier molecular flexibility index (Phi) is 7.48. The van der Waals surface area contributed by atoms with E-state index in [0.717, 1.165) is 16.7 Å². The Hall–Kier alpha value is -4.35. The monoisotopic (exact) mass is 640 g/mol. The number of hydrogen-bond acceptors (Lipinski definition) is 7. The predicted octanol–water partition coefficient (Wildman–Crippen LogP) is 7.81. The van der Waals surface area contributed by atoms with Crippen molar-refractivity contribution in [3.05, 3.63) is 91.5 Å². The first-order valence-electron chi connectivity index (χ1n) is 15.1. The number of esters is 1. The van der Waals surface area contributed by atoms with E-state index in [9.17, 15) is 23.1 Å². The van der Waals surface area contributed by atoms with Gasteiger partial charge in [-0.3, -0.25) is 4.79 Å². The van der Waals surface area contributed by atoms with Gasteiger partial charge in [0.25, 0.3) is 0 Å². The molecule has 2 N–H and O–H groups in total. The molecule has 5 aliphatic heterocycles. The van der Waals surface area contributed by atoms with E-state index in [1.165, 1.54) is 26.2 Å². The number of nitrogens with one attached hydrogen (secondary N) is 1. The van der Waals surface area contributed by atoms with Crippen LogP contribution in [-0.2, 0) is 9.53 Å². The fourth-order valence-corrected chi connectivity index (χ4v) is 7.02. The predicted molar refractivity (Wildman–Crippen MR) is 164 cm³/mol. The van der Waals surface area contributed by atoms with Gasteiger partial charge in [-0.15, -0.1) is 0 Å². The van der Waals surface area contributed by atoms with Crippen LogP contribution in [0.15, 0.2) is 106 Å². The molecule has 0 radical (unpaired) electrons. The summed E-state index contributed by atoms with van der Waals surface area (Å²) in [5, 5.41) is 14.5. The fraction of sp³-hybridized carbons (Fsp3) is 0.412. The van der Waals surface area contributed by atoms with Gasteiger partial charge in [-0.25, -0.2) is 15.0 Å². The molecule has 5 heterocycles. The number of rotatable bonds is 5. The summed E-state index contributed by atoms with van der Waals surface area (Å²) in [7, 11) is 1.30. The van der Waals surface area contributed by atoms with E-state index in [0.29, 0.717) is 52.5 Å². The molecule has 6 rings (SSSR count). The number of allylic oxidation sites excluding steroid dienone is 12. The molecule has 0 unspecified atom stereocenters. The summed E-state index contributed by atoms with van der Waals surface area (Å²) in [5.41, 5.74) is 4.55. The summed E-state index contributed by atoms with van der Waals surface area (Å²) >= 11 is 0. The highest BCUT2D eigenvalue weighted by molar-refractivity contribution is 6.21. The highest BCUT2D eigenvalue weighted by atomic mass is 19.4. The lowest BCUT2D eigenvalue weighted by Gasteiger charge is -2.22. The van der Waals surface area contributed by atoms with Gasteiger partial charge in [-0.2, -0.15) is 22.0 Å². The number of carbonyl (C=O) groups is 1. The van der Waals surface area contributed by atoms with Crippen LogP contribution in [0.25, 0.3) is 0 Å². The van der Waals surface area contributed by atoms with Crippen molar-refractivity contribution in [2.24, 2.45) is 26.8 Å². The van der Waals surface area contributed by atoms with E-state index in [1.54, 1.807) is 13.0 Å². The molecule has 0 saturated carbocycles. The molecule has 8 bridgehead atoms. The van der Waals surface area contributed by atoms with Crippen molar-refractivity contribution < 1.29 is 36.6 Å². The van der Waals surface area contributed by atoms with Gasteiger partial charge in [0, 0.05) is 47.2 Å². The Balaban J connectivity index is 1.63. The van der Waals surface area contributed by atoms with Crippen molar-refractivity contribution in [1.82, 2.24) is 5.32 Å². The van der Waals surface area contributed by atoms with Gasteiger partial charge in [0.05, 0.1) is 46.9 Å². The number of ether oxygens (including phenoxy) is 1. The molecule has 12 heteroatoms. The Morgan fingerprint density at radius 2 is 1.67 bits per heavy atom. The molecule has 0 aromatic rings. The standard InChI is InChI=1S/C34H33F5N4O3/c1-7-18-14(2)21-13-26-30(33(35,36)34(37,38)39)17(5)24(41-26)11-22-15(3)19(8-9-28(45)46-6)31(42-22)20-10-27(44)29-16(4)23(43-32(20)29)12-25(18)40-21/h11-13,15,19,42,44H,7-10H2,1-6H3/t15-,19-/m0/s1.